The van der Waals surface area contributed by atoms with Gasteiger partial charge < -0.3 is 10.6 Å². The minimum atomic E-state index is -0.296. The minimum Gasteiger partial charge on any atom is -0.352 e. The van der Waals surface area contributed by atoms with Gasteiger partial charge in [0.1, 0.15) is 4.88 Å². The molecule has 0 atom stereocenters. The van der Waals surface area contributed by atoms with Gasteiger partial charge in [0, 0.05) is 6.04 Å². The monoisotopic (exact) mass is 256 g/mol. The molecule has 0 aliphatic heterocycles. The van der Waals surface area contributed by atoms with E-state index in [2.05, 4.69) is 20.2 Å². The SMILES string of the molecule is CCc1nnsc1C(=O)NCC(=O)NC(C)C. The number of carbonyl (C=O) groups is 2. The second-order valence-electron chi connectivity index (χ2n) is 3.81. The first-order chi connectivity index (χ1) is 8.04. The van der Waals surface area contributed by atoms with Gasteiger partial charge in [0.05, 0.1) is 12.2 Å². The van der Waals surface area contributed by atoms with Gasteiger partial charge in [0.25, 0.3) is 5.91 Å². The van der Waals surface area contributed by atoms with E-state index in [1.54, 1.807) is 0 Å². The fourth-order valence-corrected chi connectivity index (χ4v) is 1.89. The molecule has 2 N–H and O–H groups in total. The number of nitrogens with one attached hydrogen (secondary N) is 2. The number of aromatic nitrogens is 2. The lowest BCUT2D eigenvalue weighted by Gasteiger charge is -2.08. The third-order valence-corrected chi connectivity index (χ3v) is 2.72. The van der Waals surface area contributed by atoms with Crippen molar-refractivity contribution in [1.82, 2.24) is 20.2 Å². The molecule has 17 heavy (non-hydrogen) atoms. The summed E-state index contributed by atoms with van der Waals surface area (Å²) in [5.74, 6) is -0.500. The molecule has 6 nitrogen and oxygen atoms in total. The summed E-state index contributed by atoms with van der Waals surface area (Å²) in [5.41, 5.74) is 0.664. The van der Waals surface area contributed by atoms with Gasteiger partial charge in [-0.2, -0.15) is 0 Å². The molecule has 7 heteroatoms. The summed E-state index contributed by atoms with van der Waals surface area (Å²) in [4.78, 5) is 23.5. The summed E-state index contributed by atoms with van der Waals surface area (Å²) in [6.07, 6.45) is 0.650. The number of amides is 2. The Labute approximate surface area is 104 Å². The fourth-order valence-electron chi connectivity index (χ4n) is 1.23. The Morgan fingerprint density at radius 3 is 2.71 bits per heavy atom. The second-order valence-corrected chi connectivity index (χ2v) is 4.56. The molecular weight excluding hydrogens is 240 g/mol. The van der Waals surface area contributed by atoms with Crippen LogP contribution in [0.5, 0.6) is 0 Å². The van der Waals surface area contributed by atoms with Crippen LogP contribution < -0.4 is 10.6 Å². The van der Waals surface area contributed by atoms with E-state index in [9.17, 15) is 9.59 Å². The van der Waals surface area contributed by atoms with E-state index < -0.39 is 0 Å². The first kappa shape index (κ1) is 13.6. The maximum Gasteiger partial charge on any atom is 0.265 e. The molecule has 0 spiro atoms. The van der Waals surface area contributed by atoms with Crippen LogP contribution >= 0.6 is 11.5 Å². The van der Waals surface area contributed by atoms with E-state index in [-0.39, 0.29) is 24.4 Å². The summed E-state index contributed by atoms with van der Waals surface area (Å²) < 4.78 is 3.72. The number of rotatable bonds is 5. The van der Waals surface area contributed by atoms with Gasteiger partial charge in [-0.25, -0.2) is 0 Å². The third kappa shape index (κ3) is 4.10. The van der Waals surface area contributed by atoms with Crippen LogP contribution in [0.1, 0.15) is 36.1 Å². The molecule has 0 aliphatic carbocycles. The van der Waals surface area contributed by atoms with Crippen LogP contribution in [0.15, 0.2) is 0 Å². The average Bonchev–Trinajstić information content (AvgIpc) is 2.72. The average molecular weight is 256 g/mol. The molecule has 1 rings (SSSR count). The number of carbonyl (C=O) groups excluding carboxylic acids is 2. The maximum atomic E-state index is 11.7. The van der Waals surface area contributed by atoms with E-state index in [1.807, 2.05) is 20.8 Å². The van der Waals surface area contributed by atoms with Crippen LogP contribution in [0.3, 0.4) is 0 Å². The Kier molecular flexibility index (Phi) is 5.02. The molecule has 94 valence electrons. The van der Waals surface area contributed by atoms with Crippen molar-refractivity contribution in [2.75, 3.05) is 6.54 Å². The lowest BCUT2D eigenvalue weighted by molar-refractivity contribution is -0.120. The van der Waals surface area contributed by atoms with Crippen LogP contribution in [-0.4, -0.2) is 34.0 Å². The zero-order valence-corrected chi connectivity index (χ0v) is 10.9. The van der Waals surface area contributed by atoms with Crippen molar-refractivity contribution in [1.29, 1.82) is 0 Å². The highest BCUT2D eigenvalue weighted by molar-refractivity contribution is 7.08. The number of nitrogens with zero attached hydrogens (tertiary/aromatic N) is 2. The maximum absolute atomic E-state index is 11.7. The molecule has 1 heterocycles. The van der Waals surface area contributed by atoms with Gasteiger partial charge in [0.2, 0.25) is 5.91 Å². The number of hydrogen-bond acceptors (Lipinski definition) is 5. The predicted octanol–water partition coefficient (Wildman–Crippen LogP) is 0.355. The molecule has 0 aromatic carbocycles. The lowest BCUT2D eigenvalue weighted by atomic mass is 10.3. The molecule has 0 saturated heterocycles. The van der Waals surface area contributed by atoms with E-state index in [0.29, 0.717) is 17.0 Å². The zero-order valence-electron chi connectivity index (χ0n) is 10.1. The number of aryl methyl sites for hydroxylation is 1. The summed E-state index contributed by atoms with van der Waals surface area (Å²) >= 11 is 1.04. The second kappa shape index (κ2) is 6.29. The van der Waals surface area contributed by atoms with Crippen LogP contribution in [0.25, 0.3) is 0 Å². The van der Waals surface area contributed by atoms with Crippen molar-refractivity contribution in [2.24, 2.45) is 0 Å². The predicted molar refractivity (Wildman–Crippen MR) is 64.9 cm³/mol. The molecule has 1 aromatic rings. The Morgan fingerprint density at radius 2 is 2.12 bits per heavy atom. The van der Waals surface area contributed by atoms with Crippen molar-refractivity contribution in [3.8, 4) is 0 Å². The third-order valence-electron chi connectivity index (χ3n) is 1.96. The standard InChI is InChI=1S/C10H16N4O2S/c1-4-7-9(17-14-13-7)10(16)11-5-8(15)12-6(2)3/h6H,4-5H2,1-3H3,(H,11,16)(H,12,15). The van der Waals surface area contributed by atoms with Gasteiger partial charge in [-0.1, -0.05) is 11.4 Å². The van der Waals surface area contributed by atoms with Gasteiger partial charge in [0.15, 0.2) is 0 Å². The highest BCUT2D eigenvalue weighted by atomic mass is 32.1. The number of hydrogen-bond donors (Lipinski definition) is 2. The van der Waals surface area contributed by atoms with Crippen LogP contribution in [0.4, 0.5) is 0 Å². The normalized spacial score (nSPS) is 10.4. The van der Waals surface area contributed by atoms with E-state index in [4.69, 9.17) is 0 Å². The van der Waals surface area contributed by atoms with E-state index in [1.165, 1.54) is 0 Å². The highest BCUT2D eigenvalue weighted by Gasteiger charge is 2.15. The highest BCUT2D eigenvalue weighted by Crippen LogP contribution is 2.10. The molecule has 0 unspecified atom stereocenters. The Balaban J connectivity index is 2.48. The molecule has 0 saturated carbocycles. The van der Waals surface area contributed by atoms with Crippen molar-refractivity contribution in [3.63, 3.8) is 0 Å². The minimum absolute atomic E-state index is 0.0297. The van der Waals surface area contributed by atoms with Crippen LogP contribution in [-0.2, 0) is 11.2 Å². The molecule has 0 radical (unpaired) electrons. The topological polar surface area (TPSA) is 84.0 Å². The zero-order chi connectivity index (χ0) is 12.8. The van der Waals surface area contributed by atoms with Crippen molar-refractivity contribution in [3.05, 3.63) is 10.6 Å². The molecular formula is C10H16N4O2S. The first-order valence-corrected chi connectivity index (χ1v) is 6.20. The molecule has 0 bridgehead atoms. The largest absolute Gasteiger partial charge is 0.352 e. The van der Waals surface area contributed by atoms with Gasteiger partial charge in [-0.3, -0.25) is 9.59 Å². The summed E-state index contributed by atoms with van der Waals surface area (Å²) in [6.45, 7) is 5.60. The Morgan fingerprint density at radius 1 is 1.41 bits per heavy atom. The Hall–Kier alpha value is -1.50. The molecule has 0 fully saturated rings. The first-order valence-electron chi connectivity index (χ1n) is 5.43. The lowest BCUT2D eigenvalue weighted by Crippen LogP contribution is -2.39. The fraction of sp³-hybridized carbons (Fsp3) is 0.600. The van der Waals surface area contributed by atoms with Gasteiger partial charge in [-0.15, -0.1) is 5.10 Å². The quantitative estimate of drug-likeness (QED) is 0.796. The molecule has 2 amide bonds. The van der Waals surface area contributed by atoms with E-state index in [0.717, 1.165) is 11.5 Å². The van der Waals surface area contributed by atoms with E-state index >= 15 is 0 Å². The molecule has 1 aromatic heterocycles. The van der Waals surface area contributed by atoms with Crippen LogP contribution in [0, 0.1) is 0 Å². The van der Waals surface area contributed by atoms with Gasteiger partial charge >= 0.3 is 0 Å². The summed E-state index contributed by atoms with van der Waals surface area (Å²) in [6, 6.07) is 0.0654. The summed E-state index contributed by atoms with van der Waals surface area (Å²) in [5, 5.41) is 9.07. The summed E-state index contributed by atoms with van der Waals surface area (Å²) in [7, 11) is 0. The van der Waals surface area contributed by atoms with Gasteiger partial charge in [-0.05, 0) is 31.8 Å². The van der Waals surface area contributed by atoms with Crippen molar-refractivity contribution in [2.45, 2.75) is 33.2 Å². The molecule has 0 aliphatic rings. The Bertz CT molecular complexity index is 403. The van der Waals surface area contributed by atoms with Crippen LogP contribution in [0.2, 0.25) is 0 Å². The smallest absolute Gasteiger partial charge is 0.265 e. The van der Waals surface area contributed by atoms with Crippen molar-refractivity contribution < 1.29 is 9.59 Å². The van der Waals surface area contributed by atoms with Crippen molar-refractivity contribution >= 4 is 23.3 Å².